The predicted octanol–water partition coefficient (Wildman–Crippen LogP) is 6.26. The van der Waals surface area contributed by atoms with Crippen LogP contribution in [0, 0.1) is 0 Å². The summed E-state index contributed by atoms with van der Waals surface area (Å²) >= 11 is 0. The monoisotopic (exact) mass is 521 g/mol. The Bertz CT molecular complexity index is 1510. The molecule has 0 aromatic heterocycles. The number of hydrogen-bond acceptors (Lipinski definition) is 4. The second kappa shape index (κ2) is 8.76. The quantitative estimate of drug-likeness (QED) is 0.412. The average Bonchev–Trinajstić information content (AvgIpc) is 3.26. The van der Waals surface area contributed by atoms with Gasteiger partial charge in [0.1, 0.15) is 0 Å². The van der Waals surface area contributed by atoms with E-state index < -0.39 is 17.4 Å². The molecule has 7 heteroatoms. The molecule has 0 atom stereocenters. The Morgan fingerprint density at radius 3 is 1.74 bits per heavy atom. The van der Waals surface area contributed by atoms with Crippen molar-refractivity contribution in [2.24, 2.45) is 0 Å². The van der Waals surface area contributed by atoms with Crippen LogP contribution in [0.5, 0.6) is 0 Å². The molecule has 2 aliphatic rings. The minimum atomic E-state index is -0.499. The number of hydrogen-bond donors (Lipinski definition) is 1. The lowest BCUT2D eigenvalue weighted by Gasteiger charge is -2.32. The van der Waals surface area contributed by atoms with Crippen molar-refractivity contribution in [3.05, 3.63) is 101 Å². The van der Waals surface area contributed by atoms with Gasteiger partial charge in [-0.15, -0.1) is 0 Å². The van der Waals surface area contributed by atoms with E-state index in [9.17, 15) is 19.2 Å². The summed E-state index contributed by atoms with van der Waals surface area (Å²) in [5.41, 5.74) is 3.92. The number of benzene rings is 3. The van der Waals surface area contributed by atoms with E-state index in [0.717, 1.165) is 10.5 Å². The molecule has 0 spiro atoms. The van der Waals surface area contributed by atoms with Crippen molar-refractivity contribution >= 4 is 40.7 Å². The van der Waals surface area contributed by atoms with Gasteiger partial charge in [-0.25, -0.2) is 4.90 Å². The van der Waals surface area contributed by atoms with Gasteiger partial charge >= 0.3 is 0 Å². The number of carbonyl (C=O) groups excluding carboxylic acids is 4. The molecule has 198 valence electrons. The summed E-state index contributed by atoms with van der Waals surface area (Å²) in [4.78, 5) is 55.2. The smallest absolute Gasteiger partial charge is 0.266 e. The van der Waals surface area contributed by atoms with Gasteiger partial charge in [0.05, 0.1) is 22.4 Å². The Morgan fingerprint density at radius 1 is 0.718 bits per heavy atom. The predicted molar refractivity (Wildman–Crippen MR) is 152 cm³/mol. The first-order valence-corrected chi connectivity index (χ1v) is 12.8. The van der Waals surface area contributed by atoms with E-state index in [-0.39, 0.29) is 28.4 Å². The molecule has 39 heavy (non-hydrogen) atoms. The van der Waals surface area contributed by atoms with Gasteiger partial charge in [-0.3, -0.25) is 19.2 Å². The first-order valence-electron chi connectivity index (χ1n) is 12.8. The highest BCUT2D eigenvalue weighted by atomic mass is 16.2. The summed E-state index contributed by atoms with van der Waals surface area (Å²) in [5.74, 6) is -1.46. The molecular formula is C32H31N3O4. The minimum absolute atomic E-state index is 0.00861. The molecule has 5 rings (SSSR count). The first-order chi connectivity index (χ1) is 18.2. The topological polar surface area (TPSA) is 86.8 Å². The first kappa shape index (κ1) is 26.1. The highest BCUT2D eigenvalue weighted by Gasteiger charge is 2.43. The molecule has 0 saturated heterocycles. The van der Waals surface area contributed by atoms with E-state index >= 15 is 0 Å². The Morgan fingerprint density at radius 2 is 1.23 bits per heavy atom. The van der Waals surface area contributed by atoms with Crippen molar-refractivity contribution in [1.29, 1.82) is 0 Å². The molecule has 0 unspecified atom stereocenters. The summed E-state index contributed by atoms with van der Waals surface area (Å²) in [6, 6.07) is 17.1. The third kappa shape index (κ3) is 4.34. The third-order valence-corrected chi connectivity index (χ3v) is 7.11. The molecule has 3 aromatic rings. The molecule has 2 heterocycles. The van der Waals surface area contributed by atoms with Crippen molar-refractivity contribution in [3.8, 4) is 0 Å². The lowest BCUT2D eigenvalue weighted by atomic mass is 9.87. The minimum Gasteiger partial charge on any atom is -0.322 e. The van der Waals surface area contributed by atoms with Crippen molar-refractivity contribution in [2.75, 3.05) is 10.2 Å². The van der Waals surface area contributed by atoms with Crippen LogP contribution in [0.2, 0.25) is 0 Å². The average molecular weight is 522 g/mol. The number of anilines is 2. The number of carbonyl (C=O) groups is 4. The van der Waals surface area contributed by atoms with Crippen molar-refractivity contribution in [2.45, 2.75) is 52.5 Å². The summed E-state index contributed by atoms with van der Waals surface area (Å²) in [5, 5.41) is 2.85. The van der Waals surface area contributed by atoms with Gasteiger partial charge in [-0.1, -0.05) is 39.5 Å². The van der Waals surface area contributed by atoms with Crippen LogP contribution in [0.3, 0.4) is 0 Å². The Labute approximate surface area is 228 Å². The van der Waals surface area contributed by atoms with Gasteiger partial charge in [-0.2, -0.15) is 0 Å². The number of nitrogens with zero attached hydrogens (tertiary/aromatic N) is 2. The Balaban J connectivity index is 1.35. The Kier molecular flexibility index (Phi) is 5.87. The zero-order chi connectivity index (χ0) is 28.4. The molecule has 0 aliphatic carbocycles. The van der Waals surface area contributed by atoms with Crippen LogP contribution in [-0.2, 0) is 5.41 Å². The number of amides is 4. The third-order valence-electron chi connectivity index (χ3n) is 7.11. The fourth-order valence-electron chi connectivity index (χ4n) is 5.03. The second-order valence-electron chi connectivity index (χ2n) is 12.0. The van der Waals surface area contributed by atoms with E-state index in [4.69, 9.17) is 0 Å². The lowest BCUT2D eigenvalue weighted by Crippen LogP contribution is -2.40. The van der Waals surface area contributed by atoms with E-state index in [2.05, 4.69) is 32.7 Å². The molecule has 4 amide bonds. The van der Waals surface area contributed by atoms with E-state index in [1.807, 2.05) is 32.9 Å². The van der Waals surface area contributed by atoms with Gasteiger partial charge in [-0.05, 0) is 80.3 Å². The largest absolute Gasteiger partial charge is 0.322 e. The fourth-order valence-corrected chi connectivity index (χ4v) is 5.03. The fraction of sp³-hybridized carbons (Fsp3) is 0.250. The number of imide groups is 1. The normalized spacial score (nSPS) is 15.1. The summed E-state index contributed by atoms with van der Waals surface area (Å²) in [6.07, 6.45) is 0. The highest BCUT2D eigenvalue weighted by Crippen LogP contribution is 2.40. The van der Waals surface area contributed by atoms with Crippen LogP contribution < -0.4 is 10.2 Å². The lowest BCUT2D eigenvalue weighted by molar-refractivity contribution is 0.0749. The van der Waals surface area contributed by atoms with Gasteiger partial charge in [0.2, 0.25) is 0 Å². The Hall–Kier alpha value is -4.52. The van der Waals surface area contributed by atoms with Crippen LogP contribution in [-0.4, -0.2) is 34.1 Å². The molecule has 1 N–H and O–H groups in total. The van der Waals surface area contributed by atoms with Crippen molar-refractivity contribution < 1.29 is 19.2 Å². The maximum Gasteiger partial charge on any atom is 0.266 e. The zero-order valence-electron chi connectivity index (χ0n) is 23.0. The summed E-state index contributed by atoms with van der Waals surface area (Å²) in [6.45, 7) is 16.1. The molecular weight excluding hydrogens is 490 g/mol. The second-order valence-corrected chi connectivity index (χ2v) is 12.0. The molecule has 0 saturated carbocycles. The van der Waals surface area contributed by atoms with Crippen LogP contribution in [0.4, 0.5) is 11.4 Å². The number of fused-ring (bicyclic) bond motifs is 2. The van der Waals surface area contributed by atoms with E-state index in [1.54, 1.807) is 47.4 Å². The van der Waals surface area contributed by atoms with Crippen molar-refractivity contribution in [3.63, 3.8) is 0 Å². The molecule has 0 radical (unpaired) electrons. The maximum absolute atomic E-state index is 13.3. The number of nitrogens with one attached hydrogen (secondary N) is 1. The van der Waals surface area contributed by atoms with Crippen LogP contribution in [0.15, 0.2) is 67.2 Å². The van der Waals surface area contributed by atoms with E-state index in [0.29, 0.717) is 33.8 Å². The van der Waals surface area contributed by atoms with Crippen LogP contribution in [0.1, 0.15) is 94.1 Å². The molecule has 0 bridgehead atoms. The number of rotatable bonds is 3. The van der Waals surface area contributed by atoms with Crippen molar-refractivity contribution in [1.82, 2.24) is 4.90 Å². The standard InChI is InChI=1S/C32H31N3O4/c1-18-23-16-25-26(17-24(23)30(39)35(18)32(5,6)7)29(38)34(28(25)37)22-14-12-21(13-15-22)33-27(36)19-8-10-20(11-9-19)31(2,3)4/h8-17H,1H2,2-7H3,(H,33,36). The highest BCUT2D eigenvalue weighted by molar-refractivity contribution is 6.35. The molecule has 0 fully saturated rings. The molecule has 7 nitrogen and oxygen atoms in total. The molecule has 3 aromatic carbocycles. The van der Waals surface area contributed by atoms with Gasteiger partial charge in [0, 0.05) is 28.1 Å². The summed E-state index contributed by atoms with van der Waals surface area (Å²) < 4.78 is 0. The SMILES string of the molecule is C=C1c2cc3c(cc2C(=O)N1C(C)(C)C)C(=O)N(c1ccc(NC(=O)c2ccc(C(C)(C)C)cc2)cc1)C3=O. The van der Waals surface area contributed by atoms with Gasteiger partial charge in [0.15, 0.2) is 0 Å². The van der Waals surface area contributed by atoms with Gasteiger partial charge in [0.25, 0.3) is 23.6 Å². The van der Waals surface area contributed by atoms with Crippen LogP contribution in [0.25, 0.3) is 5.70 Å². The van der Waals surface area contributed by atoms with E-state index in [1.165, 1.54) is 6.07 Å². The van der Waals surface area contributed by atoms with Crippen LogP contribution >= 0.6 is 0 Å². The summed E-state index contributed by atoms with van der Waals surface area (Å²) in [7, 11) is 0. The van der Waals surface area contributed by atoms with Gasteiger partial charge < -0.3 is 10.2 Å². The maximum atomic E-state index is 13.3. The molecule has 2 aliphatic heterocycles. The zero-order valence-corrected chi connectivity index (χ0v) is 23.0.